The van der Waals surface area contributed by atoms with Gasteiger partial charge in [-0.15, -0.1) is 0 Å². The van der Waals surface area contributed by atoms with E-state index in [0.717, 1.165) is 25.6 Å². The third kappa shape index (κ3) is 3.09. The molecule has 1 fully saturated rings. The highest BCUT2D eigenvalue weighted by Crippen LogP contribution is 2.18. The van der Waals surface area contributed by atoms with E-state index in [0.29, 0.717) is 18.1 Å². The second-order valence-corrected chi connectivity index (χ2v) is 7.87. The molecule has 1 N–H and O–H groups in total. The molecule has 3 rings (SSSR count). The molecule has 0 aromatic carbocycles. The maximum atomic E-state index is 12.5. The average Bonchev–Trinajstić information content (AvgIpc) is 3.08. The molecule has 2 aromatic heterocycles. The summed E-state index contributed by atoms with van der Waals surface area (Å²) in [4.78, 5) is 18.8. The van der Waals surface area contributed by atoms with Gasteiger partial charge < -0.3 is 10.2 Å². The number of carbonyl (C=O) groups is 1. The summed E-state index contributed by atoms with van der Waals surface area (Å²) in [6.07, 6.45) is 4.86. The first-order valence-electron chi connectivity index (χ1n) is 7.53. The van der Waals surface area contributed by atoms with Crippen LogP contribution >= 0.6 is 0 Å². The predicted octanol–water partition coefficient (Wildman–Crippen LogP) is 0.562. The summed E-state index contributed by atoms with van der Waals surface area (Å²) in [5, 5.41) is 2.76. The number of nitrogens with one attached hydrogen (secondary N) is 1. The molecule has 1 aliphatic heterocycles. The van der Waals surface area contributed by atoms with Gasteiger partial charge in [0.15, 0.2) is 5.69 Å². The van der Waals surface area contributed by atoms with Gasteiger partial charge in [0.25, 0.3) is 5.91 Å². The van der Waals surface area contributed by atoms with Gasteiger partial charge in [-0.2, -0.15) is 0 Å². The standard InChI is InChI=1S/C15H20N4O3S/c1-18-8-5-6-11(18)10-16-14(20)13-12-7-3-4-9-19(12)15(17-13)23(2,21)22/h3-4,7,9,11H,5-6,8,10H2,1-2H3,(H,16,20). The predicted molar refractivity (Wildman–Crippen MR) is 86.3 cm³/mol. The van der Waals surface area contributed by atoms with Crippen molar-refractivity contribution in [1.29, 1.82) is 0 Å². The van der Waals surface area contributed by atoms with Crippen LogP contribution in [0.5, 0.6) is 0 Å². The topological polar surface area (TPSA) is 83.8 Å². The minimum atomic E-state index is -3.52. The second-order valence-electron chi connectivity index (χ2n) is 5.96. The second kappa shape index (κ2) is 5.93. The molecule has 0 bridgehead atoms. The lowest BCUT2D eigenvalue weighted by molar-refractivity contribution is 0.0940. The molecule has 0 spiro atoms. The first-order valence-corrected chi connectivity index (χ1v) is 9.42. The maximum Gasteiger partial charge on any atom is 0.272 e. The Morgan fingerprint density at radius 2 is 2.22 bits per heavy atom. The number of aromatic nitrogens is 2. The molecule has 0 aliphatic carbocycles. The quantitative estimate of drug-likeness (QED) is 0.882. The fourth-order valence-corrected chi connectivity index (χ4v) is 3.74. The van der Waals surface area contributed by atoms with Crippen molar-refractivity contribution in [2.45, 2.75) is 24.0 Å². The van der Waals surface area contributed by atoms with E-state index >= 15 is 0 Å². The lowest BCUT2D eigenvalue weighted by atomic mass is 10.2. The molecule has 7 nitrogen and oxygen atoms in total. The summed E-state index contributed by atoms with van der Waals surface area (Å²) in [7, 11) is -1.48. The molecular weight excluding hydrogens is 316 g/mol. The molecule has 124 valence electrons. The summed E-state index contributed by atoms with van der Waals surface area (Å²) >= 11 is 0. The molecular formula is C15H20N4O3S. The average molecular weight is 336 g/mol. The molecule has 23 heavy (non-hydrogen) atoms. The molecule has 1 saturated heterocycles. The Labute approximate surface area is 135 Å². The fraction of sp³-hybridized carbons (Fsp3) is 0.467. The van der Waals surface area contributed by atoms with Crippen LogP contribution in [0.1, 0.15) is 23.3 Å². The third-order valence-corrected chi connectivity index (χ3v) is 5.18. The molecule has 1 amide bonds. The van der Waals surface area contributed by atoms with Gasteiger partial charge in [0.1, 0.15) is 0 Å². The van der Waals surface area contributed by atoms with Crippen molar-refractivity contribution in [2.75, 3.05) is 26.4 Å². The van der Waals surface area contributed by atoms with E-state index in [-0.39, 0.29) is 16.8 Å². The van der Waals surface area contributed by atoms with Gasteiger partial charge in [-0.25, -0.2) is 13.4 Å². The van der Waals surface area contributed by atoms with Crippen molar-refractivity contribution in [1.82, 2.24) is 19.6 Å². The van der Waals surface area contributed by atoms with Crippen LogP contribution in [0.4, 0.5) is 0 Å². The maximum absolute atomic E-state index is 12.5. The van der Waals surface area contributed by atoms with Gasteiger partial charge in [-0.3, -0.25) is 9.20 Å². The monoisotopic (exact) mass is 336 g/mol. The molecule has 1 unspecified atom stereocenters. The number of carbonyl (C=O) groups excluding carboxylic acids is 1. The molecule has 8 heteroatoms. The molecule has 0 saturated carbocycles. The molecule has 1 atom stereocenters. The van der Waals surface area contributed by atoms with Crippen LogP contribution in [0.15, 0.2) is 29.6 Å². The normalized spacial score (nSPS) is 19.3. The van der Waals surface area contributed by atoms with Crippen molar-refractivity contribution in [3.05, 3.63) is 30.1 Å². The van der Waals surface area contributed by atoms with Crippen LogP contribution in [0.25, 0.3) is 5.52 Å². The van der Waals surface area contributed by atoms with E-state index in [1.807, 2.05) is 7.05 Å². The fourth-order valence-electron chi connectivity index (χ4n) is 2.97. The van der Waals surface area contributed by atoms with E-state index in [9.17, 15) is 13.2 Å². The van der Waals surface area contributed by atoms with E-state index in [1.165, 1.54) is 4.40 Å². The van der Waals surface area contributed by atoms with Crippen molar-refractivity contribution >= 4 is 21.3 Å². The number of rotatable bonds is 4. The van der Waals surface area contributed by atoms with Crippen LogP contribution in [0, 0.1) is 0 Å². The summed E-state index contributed by atoms with van der Waals surface area (Å²) < 4.78 is 25.2. The Morgan fingerprint density at radius 3 is 2.87 bits per heavy atom. The Kier molecular flexibility index (Phi) is 4.11. The van der Waals surface area contributed by atoms with Gasteiger partial charge in [0.2, 0.25) is 15.0 Å². The van der Waals surface area contributed by atoms with Crippen molar-refractivity contribution in [3.8, 4) is 0 Å². The van der Waals surface area contributed by atoms with Gasteiger partial charge in [-0.1, -0.05) is 6.07 Å². The molecule has 0 radical (unpaired) electrons. The number of likely N-dealkylation sites (N-methyl/N-ethyl adjacent to an activating group) is 1. The Bertz CT molecular complexity index is 844. The number of hydrogen-bond donors (Lipinski definition) is 1. The number of amides is 1. The van der Waals surface area contributed by atoms with E-state index in [4.69, 9.17) is 0 Å². The highest BCUT2D eigenvalue weighted by atomic mass is 32.2. The van der Waals surface area contributed by atoms with Crippen LogP contribution < -0.4 is 5.32 Å². The number of fused-ring (bicyclic) bond motifs is 1. The Balaban J connectivity index is 1.89. The highest BCUT2D eigenvalue weighted by Gasteiger charge is 2.25. The van der Waals surface area contributed by atoms with Crippen molar-refractivity contribution < 1.29 is 13.2 Å². The number of likely N-dealkylation sites (tertiary alicyclic amines) is 1. The largest absolute Gasteiger partial charge is 0.349 e. The number of nitrogens with zero attached hydrogens (tertiary/aromatic N) is 3. The molecule has 1 aliphatic rings. The van der Waals surface area contributed by atoms with Gasteiger partial charge >= 0.3 is 0 Å². The molecule has 2 aromatic rings. The summed E-state index contributed by atoms with van der Waals surface area (Å²) in [5.74, 6) is -0.344. The minimum absolute atomic E-state index is 0.115. The van der Waals surface area contributed by atoms with E-state index in [1.54, 1.807) is 24.4 Å². The SMILES string of the molecule is CN1CCCC1CNC(=O)c1nc(S(C)(=O)=O)n2ccccc12. The first kappa shape index (κ1) is 15.9. The Hall–Kier alpha value is -1.93. The smallest absolute Gasteiger partial charge is 0.272 e. The van der Waals surface area contributed by atoms with Gasteiger partial charge in [0, 0.05) is 25.0 Å². The lowest BCUT2D eigenvalue weighted by Gasteiger charge is -2.19. The lowest BCUT2D eigenvalue weighted by Crippen LogP contribution is -2.38. The van der Waals surface area contributed by atoms with Crippen LogP contribution in [-0.2, 0) is 9.84 Å². The Morgan fingerprint density at radius 1 is 1.43 bits per heavy atom. The zero-order chi connectivity index (χ0) is 16.6. The zero-order valence-electron chi connectivity index (χ0n) is 13.2. The van der Waals surface area contributed by atoms with Crippen LogP contribution in [0.2, 0.25) is 0 Å². The minimum Gasteiger partial charge on any atom is -0.349 e. The van der Waals surface area contributed by atoms with Gasteiger partial charge in [-0.05, 0) is 38.6 Å². The first-order chi connectivity index (χ1) is 10.9. The number of pyridine rings is 1. The number of hydrogen-bond acceptors (Lipinski definition) is 5. The van der Waals surface area contributed by atoms with Crippen molar-refractivity contribution in [3.63, 3.8) is 0 Å². The van der Waals surface area contributed by atoms with Gasteiger partial charge in [0.05, 0.1) is 5.52 Å². The summed E-state index contributed by atoms with van der Waals surface area (Å²) in [5.41, 5.74) is 0.636. The van der Waals surface area contributed by atoms with Crippen LogP contribution in [0.3, 0.4) is 0 Å². The summed E-state index contributed by atoms with van der Waals surface area (Å²) in [6.45, 7) is 1.57. The van der Waals surface area contributed by atoms with Crippen molar-refractivity contribution in [2.24, 2.45) is 0 Å². The summed E-state index contributed by atoms with van der Waals surface area (Å²) in [6, 6.07) is 5.48. The number of imidazole rings is 1. The van der Waals surface area contributed by atoms with E-state index in [2.05, 4.69) is 15.2 Å². The zero-order valence-corrected chi connectivity index (χ0v) is 14.0. The van der Waals surface area contributed by atoms with Crippen LogP contribution in [-0.4, -0.2) is 61.0 Å². The molecule has 3 heterocycles. The third-order valence-electron chi connectivity index (χ3n) is 4.23. The number of sulfone groups is 1. The highest BCUT2D eigenvalue weighted by molar-refractivity contribution is 7.90. The van der Waals surface area contributed by atoms with E-state index < -0.39 is 9.84 Å².